The minimum Gasteiger partial charge on any atom is -0.355 e. The molecule has 1 aromatic carbocycles. The monoisotopic (exact) mass is 341 g/mol. The highest BCUT2D eigenvalue weighted by molar-refractivity contribution is 5.93. The van der Waals surface area contributed by atoms with Gasteiger partial charge in [-0.25, -0.2) is 0 Å². The van der Waals surface area contributed by atoms with Crippen molar-refractivity contribution in [1.29, 1.82) is 0 Å². The third-order valence-corrected chi connectivity index (χ3v) is 4.88. The predicted octanol–water partition coefficient (Wildman–Crippen LogP) is 3.44. The molecule has 1 saturated heterocycles. The average molecular weight is 341 g/mol. The van der Waals surface area contributed by atoms with Crippen LogP contribution in [0.25, 0.3) is 11.3 Å². The molecule has 2 heterocycles. The summed E-state index contributed by atoms with van der Waals surface area (Å²) in [7, 11) is 0. The molecule has 1 fully saturated rings. The van der Waals surface area contributed by atoms with Crippen molar-refractivity contribution in [2.24, 2.45) is 11.8 Å². The fraction of sp³-hybridized carbons (Fsp3) is 0.500. The molecule has 0 aliphatic carbocycles. The maximum Gasteiger partial charge on any atom is 0.273 e. The molecule has 5 nitrogen and oxygen atoms in total. The third-order valence-electron chi connectivity index (χ3n) is 4.88. The number of piperidine rings is 1. The van der Waals surface area contributed by atoms with E-state index in [2.05, 4.69) is 36.1 Å². The first-order chi connectivity index (χ1) is 12.0. The lowest BCUT2D eigenvalue weighted by Crippen LogP contribution is -2.48. The van der Waals surface area contributed by atoms with Crippen LogP contribution in [0.15, 0.2) is 40.9 Å². The minimum atomic E-state index is -0.184. The van der Waals surface area contributed by atoms with Gasteiger partial charge in [-0.15, -0.1) is 0 Å². The van der Waals surface area contributed by atoms with Gasteiger partial charge in [-0.05, 0) is 25.2 Å². The second kappa shape index (κ2) is 7.83. The van der Waals surface area contributed by atoms with Crippen molar-refractivity contribution in [2.75, 3.05) is 19.6 Å². The van der Waals surface area contributed by atoms with Gasteiger partial charge in [0.05, 0.1) is 0 Å². The van der Waals surface area contributed by atoms with Crippen molar-refractivity contribution in [1.82, 2.24) is 15.4 Å². The summed E-state index contributed by atoms with van der Waals surface area (Å²) in [6.45, 7) is 9.59. The Labute approximate surface area is 149 Å². The molecule has 0 saturated carbocycles. The van der Waals surface area contributed by atoms with Gasteiger partial charge < -0.3 is 9.84 Å². The van der Waals surface area contributed by atoms with Crippen molar-refractivity contribution in [3.05, 3.63) is 42.1 Å². The molecule has 0 unspecified atom stereocenters. The number of rotatable bonds is 5. The van der Waals surface area contributed by atoms with E-state index in [-0.39, 0.29) is 5.91 Å². The van der Waals surface area contributed by atoms with Crippen LogP contribution in [0.1, 0.15) is 37.7 Å². The third kappa shape index (κ3) is 4.48. The van der Waals surface area contributed by atoms with E-state index in [0.29, 0.717) is 35.9 Å². The zero-order chi connectivity index (χ0) is 17.8. The Balaban J connectivity index is 1.55. The molecule has 2 aromatic rings. The molecule has 0 radical (unpaired) electrons. The molecule has 3 rings (SSSR count). The van der Waals surface area contributed by atoms with Crippen molar-refractivity contribution < 1.29 is 9.32 Å². The number of hydrogen-bond donors (Lipinski definition) is 1. The van der Waals surface area contributed by atoms with E-state index in [1.165, 1.54) is 6.42 Å². The van der Waals surface area contributed by atoms with Crippen LogP contribution in [0, 0.1) is 11.8 Å². The number of carbonyl (C=O) groups excluding carboxylic acids is 1. The van der Waals surface area contributed by atoms with Crippen LogP contribution >= 0.6 is 0 Å². The van der Waals surface area contributed by atoms with E-state index in [1.54, 1.807) is 6.07 Å². The first kappa shape index (κ1) is 17.7. The molecule has 1 amide bonds. The van der Waals surface area contributed by atoms with Crippen LogP contribution in [0.3, 0.4) is 0 Å². The Bertz CT molecular complexity index is 688. The zero-order valence-corrected chi connectivity index (χ0v) is 15.2. The normalized spacial score (nSPS) is 22.5. The average Bonchev–Trinajstić information content (AvgIpc) is 3.09. The van der Waals surface area contributed by atoms with E-state index in [9.17, 15) is 4.79 Å². The second-order valence-electron chi connectivity index (χ2n) is 7.40. The molecular weight excluding hydrogens is 314 g/mol. The highest BCUT2D eigenvalue weighted by Crippen LogP contribution is 2.22. The molecular formula is C20H27N3O2. The van der Waals surface area contributed by atoms with Gasteiger partial charge >= 0.3 is 0 Å². The summed E-state index contributed by atoms with van der Waals surface area (Å²) >= 11 is 0. The number of carbonyl (C=O) groups is 1. The number of benzene rings is 1. The van der Waals surface area contributed by atoms with Crippen molar-refractivity contribution in [3.63, 3.8) is 0 Å². The van der Waals surface area contributed by atoms with E-state index >= 15 is 0 Å². The highest BCUT2D eigenvalue weighted by atomic mass is 16.5. The van der Waals surface area contributed by atoms with Crippen molar-refractivity contribution in [3.8, 4) is 11.3 Å². The summed E-state index contributed by atoms with van der Waals surface area (Å²) < 4.78 is 5.30. The molecule has 1 N–H and O–H groups in total. The fourth-order valence-corrected chi connectivity index (χ4v) is 3.65. The Kier molecular flexibility index (Phi) is 5.53. The fourth-order valence-electron chi connectivity index (χ4n) is 3.65. The van der Waals surface area contributed by atoms with Crippen LogP contribution in [0.2, 0.25) is 0 Å². The van der Waals surface area contributed by atoms with Crippen LogP contribution in [-0.4, -0.2) is 41.6 Å². The van der Waals surface area contributed by atoms with Gasteiger partial charge in [0.15, 0.2) is 11.5 Å². The lowest BCUT2D eigenvalue weighted by atomic mass is 9.91. The quantitative estimate of drug-likeness (QED) is 0.905. The summed E-state index contributed by atoms with van der Waals surface area (Å²) in [6.07, 6.45) is 1.29. The molecule has 0 spiro atoms. The molecule has 5 heteroatoms. The van der Waals surface area contributed by atoms with Crippen LogP contribution in [0.5, 0.6) is 0 Å². The Hall–Kier alpha value is -2.14. The van der Waals surface area contributed by atoms with Crippen LogP contribution < -0.4 is 5.32 Å². The number of nitrogens with one attached hydrogen (secondary N) is 1. The SMILES string of the molecule is C[C@@H]1C[C@H](C)CN([C@H](C)CNC(=O)c2cc(-c3ccccc3)on2)C1. The molecule has 1 aromatic heterocycles. The maximum absolute atomic E-state index is 12.4. The molecule has 25 heavy (non-hydrogen) atoms. The summed E-state index contributed by atoms with van der Waals surface area (Å²) in [6, 6.07) is 11.7. The van der Waals surface area contributed by atoms with E-state index in [0.717, 1.165) is 18.7 Å². The number of nitrogens with zero attached hydrogens (tertiary/aromatic N) is 2. The largest absolute Gasteiger partial charge is 0.355 e. The predicted molar refractivity (Wildman–Crippen MR) is 98.3 cm³/mol. The minimum absolute atomic E-state index is 0.184. The second-order valence-corrected chi connectivity index (χ2v) is 7.40. The van der Waals surface area contributed by atoms with Gasteiger partial charge in [-0.1, -0.05) is 49.3 Å². The van der Waals surface area contributed by atoms with Crippen LogP contribution in [0.4, 0.5) is 0 Å². The molecule has 1 aliphatic rings. The van der Waals surface area contributed by atoms with Gasteiger partial charge in [0.25, 0.3) is 5.91 Å². The smallest absolute Gasteiger partial charge is 0.273 e. The van der Waals surface area contributed by atoms with E-state index in [1.807, 2.05) is 30.3 Å². The Morgan fingerprint density at radius 1 is 1.28 bits per heavy atom. The number of likely N-dealkylation sites (tertiary alicyclic amines) is 1. The lowest BCUT2D eigenvalue weighted by molar-refractivity contribution is 0.0862. The van der Waals surface area contributed by atoms with Crippen molar-refractivity contribution in [2.45, 2.75) is 33.2 Å². The topological polar surface area (TPSA) is 58.4 Å². The standard InChI is InChI=1S/C20H27N3O2/c1-14-9-15(2)13-23(12-14)16(3)11-21-20(24)18-10-19(25-22-18)17-7-5-4-6-8-17/h4-8,10,14-16H,9,11-13H2,1-3H3,(H,21,24)/t14-,15+,16-/m1/s1. The summed E-state index contributed by atoms with van der Waals surface area (Å²) in [5, 5.41) is 6.89. The van der Waals surface area contributed by atoms with Gasteiger partial charge in [-0.3, -0.25) is 9.69 Å². The maximum atomic E-state index is 12.4. The van der Waals surface area contributed by atoms with Gasteiger partial charge in [0.1, 0.15) is 0 Å². The summed E-state index contributed by atoms with van der Waals surface area (Å²) in [5.41, 5.74) is 1.24. The van der Waals surface area contributed by atoms with Gasteiger partial charge in [-0.2, -0.15) is 0 Å². The molecule has 134 valence electrons. The van der Waals surface area contributed by atoms with Crippen LogP contribution in [-0.2, 0) is 0 Å². The molecule has 0 bridgehead atoms. The number of hydrogen-bond acceptors (Lipinski definition) is 4. The Morgan fingerprint density at radius 3 is 2.64 bits per heavy atom. The Morgan fingerprint density at radius 2 is 1.96 bits per heavy atom. The highest BCUT2D eigenvalue weighted by Gasteiger charge is 2.25. The zero-order valence-electron chi connectivity index (χ0n) is 15.2. The number of amides is 1. The van der Waals surface area contributed by atoms with E-state index < -0.39 is 0 Å². The number of aromatic nitrogens is 1. The van der Waals surface area contributed by atoms with E-state index in [4.69, 9.17) is 4.52 Å². The van der Waals surface area contributed by atoms with Gasteiger partial charge in [0.2, 0.25) is 0 Å². The first-order valence-corrected chi connectivity index (χ1v) is 9.07. The summed E-state index contributed by atoms with van der Waals surface area (Å²) in [4.78, 5) is 14.8. The summed E-state index contributed by atoms with van der Waals surface area (Å²) in [5.74, 6) is 1.85. The first-order valence-electron chi connectivity index (χ1n) is 9.07. The van der Waals surface area contributed by atoms with Crippen molar-refractivity contribution >= 4 is 5.91 Å². The van der Waals surface area contributed by atoms with Gasteiger partial charge in [0, 0.05) is 37.3 Å². The lowest BCUT2D eigenvalue weighted by Gasteiger charge is -2.38. The molecule has 3 atom stereocenters. The molecule has 1 aliphatic heterocycles.